The number of fused-ring (bicyclic) bond motifs is 6. The third-order valence-electron chi connectivity index (χ3n) is 7.15. The van der Waals surface area contributed by atoms with Crippen LogP contribution in [0.4, 0.5) is 0 Å². The van der Waals surface area contributed by atoms with Gasteiger partial charge in [-0.25, -0.2) is 0 Å². The van der Waals surface area contributed by atoms with Crippen molar-refractivity contribution in [3.05, 3.63) is 35.5 Å². The third kappa shape index (κ3) is 3.41. The maximum absolute atomic E-state index is 13.0. The van der Waals surface area contributed by atoms with Crippen LogP contribution in [-0.2, 0) is 16.6 Å². The number of piperidine rings is 1. The predicted molar refractivity (Wildman–Crippen MR) is 125 cm³/mol. The minimum absolute atomic E-state index is 0.0657. The lowest BCUT2D eigenvalue weighted by atomic mass is 9.65. The van der Waals surface area contributed by atoms with E-state index in [0.717, 1.165) is 25.9 Å². The molecule has 1 aromatic carbocycles. The highest BCUT2D eigenvalue weighted by Crippen LogP contribution is 2.54. The molecule has 2 bridgehead atoms. The van der Waals surface area contributed by atoms with Crippen molar-refractivity contribution in [1.82, 2.24) is 9.47 Å². The first kappa shape index (κ1) is 21.1. The van der Waals surface area contributed by atoms with Gasteiger partial charge in [0.1, 0.15) is 0 Å². The van der Waals surface area contributed by atoms with Crippen molar-refractivity contribution < 1.29 is 9.53 Å². The zero-order chi connectivity index (χ0) is 20.7. The molecule has 0 amide bonds. The van der Waals surface area contributed by atoms with E-state index < -0.39 is 0 Å². The van der Waals surface area contributed by atoms with Crippen molar-refractivity contribution in [3.63, 3.8) is 0 Å². The van der Waals surface area contributed by atoms with Crippen LogP contribution in [0.3, 0.4) is 0 Å². The number of hydrogen-bond acceptors (Lipinski definition) is 5. The molecule has 29 heavy (non-hydrogen) atoms. The molecule has 0 radical (unpaired) electrons. The van der Waals surface area contributed by atoms with Crippen molar-refractivity contribution in [3.8, 4) is 0 Å². The molecule has 2 aliphatic rings. The number of aryl methyl sites for hydroxylation is 1. The highest BCUT2D eigenvalue weighted by Gasteiger charge is 2.50. The summed E-state index contributed by atoms with van der Waals surface area (Å²) >= 11 is 3.89. The van der Waals surface area contributed by atoms with Crippen LogP contribution in [0.25, 0.3) is 10.9 Å². The maximum Gasteiger partial charge on any atom is 0.313 e. The number of para-hydroxylation sites is 1. The maximum atomic E-state index is 13.0. The van der Waals surface area contributed by atoms with Gasteiger partial charge in [0.05, 0.1) is 23.7 Å². The SMILES string of the molecule is CC[C@@H]1CN(CC(SC)SC)[C@H]2C[C@@H]1[C@H](C(=O)OC)c1c2n(C)c2ccccc12. The summed E-state index contributed by atoms with van der Waals surface area (Å²) < 4.78 is 8.26. The Bertz CT molecular complexity index is 892. The molecule has 2 heterocycles. The molecule has 1 saturated heterocycles. The number of thioether (sulfide) groups is 2. The highest BCUT2D eigenvalue weighted by molar-refractivity contribution is 8.16. The number of carbonyl (C=O) groups is 1. The molecule has 1 aliphatic heterocycles. The quantitative estimate of drug-likeness (QED) is 0.480. The summed E-state index contributed by atoms with van der Waals surface area (Å²) in [5.41, 5.74) is 3.77. The van der Waals surface area contributed by atoms with Crippen molar-refractivity contribution in [2.45, 2.75) is 36.3 Å². The molecular formula is C23H32N2O2S2. The number of esters is 1. The van der Waals surface area contributed by atoms with Crippen LogP contribution in [0.1, 0.15) is 43.0 Å². The van der Waals surface area contributed by atoms with Gasteiger partial charge in [-0.15, -0.1) is 23.5 Å². The summed E-state index contributed by atoms with van der Waals surface area (Å²) in [5, 5.41) is 1.22. The van der Waals surface area contributed by atoms with Gasteiger partial charge in [-0.1, -0.05) is 31.5 Å². The van der Waals surface area contributed by atoms with Crippen molar-refractivity contribution in [2.24, 2.45) is 18.9 Å². The number of ether oxygens (including phenoxy) is 1. The van der Waals surface area contributed by atoms with Crippen molar-refractivity contribution >= 4 is 40.4 Å². The van der Waals surface area contributed by atoms with Crippen molar-refractivity contribution in [2.75, 3.05) is 32.7 Å². The molecule has 1 fully saturated rings. The zero-order valence-electron chi connectivity index (χ0n) is 18.1. The van der Waals surface area contributed by atoms with Gasteiger partial charge in [-0.3, -0.25) is 9.69 Å². The van der Waals surface area contributed by atoms with Crippen LogP contribution in [0.2, 0.25) is 0 Å². The average molecular weight is 433 g/mol. The average Bonchev–Trinajstić information content (AvgIpc) is 3.05. The Hall–Kier alpha value is -1.11. The lowest BCUT2D eigenvalue weighted by molar-refractivity contribution is -0.146. The highest BCUT2D eigenvalue weighted by atomic mass is 32.2. The lowest BCUT2D eigenvalue weighted by Crippen LogP contribution is -2.50. The van der Waals surface area contributed by atoms with Gasteiger partial charge in [0.2, 0.25) is 0 Å². The topological polar surface area (TPSA) is 34.5 Å². The van der Waals surface area contributed by atoms with E-state index >= 15 is 0 Å². The van der Waals surface area contributed by atoms with E-state index in [1.807, 2.05) is 23.5 Å². The van der Waals surface area contributed by atoms with Gasteiger partial charge in [-0.2, -0.15) is 0 Å². The molecule has 0 unspecified atom stereocenters. The largest absolute Gasteiger partial charge is 0.469 e. The summed E-state index contributed by atoms with van der Waals surface area (Å²) in [6.07, 6.45) is 6.57. The number of likely N-dealkylation sites (tertiary alicyclic amines) is 1. The van der Waals surface area contributed by atoms with Gasteiger partial charge in [-0.05, 0) is 42.4 Å². The Labute approximate surface area is 182 Å². The van der Waals surface area contributed by atoms with Gasteiger partial charge in [0.25, 0.3) is 0 Å². The zero-order valence-corrected chi connectivity index (χ0v) is 19.7. The molecule has 1 aliphatic carbocycles. The molecule has 158 valence electrons. The first-order valence-electron chi connectivity index (χ1n) is 10.5. The standard InChI is InChI=1S/C23H32N2O2S2/c1-6-14-12-25(13-19(28-4)29-5)18-11-16(14)21(23(26)27-3)20-15-9-7-8-10-17(15)24(2)22(18)20/h7-10,14,16,18-19,21H,6,11-13H2,1-5H3/t14-,16+,18+,21+/m1/s1. The molecule has 6 heteroatoms. The van der Waals surface area contributed by atoms with Crippen molar-refractivity contribution in [1.29, 1.82) is 0 Å². The molecule has 4 nitrogen and oxygen atoms in total. The lowest BCUT2D eigenvalue weighted by Gasteiger charge is -2.50. The molecule has 4 rings (SSSR count). The minimum atomic E-state index is -0.152. The van der Waals surface area contributed by atoms with Gasteiger partial charge >= 0.3 is 5.97 Å². The number of rotatable bonds is 6. The van der Waals surface area contributed by atoms with E-state index in [2.05, 4.69) is 60.2 Å². The van der Waals surface area contributed by atoms with Crippen LogP contribution in [0.5, 0.6) is 0 Å². The van der Waals surface area contributed by atoms with Gasteiger partial charge in [0.15, 0.2) is 0 Å². The summed E-state index contributed by atoms with van der Waals surface area (Å²) in [5.74, 6) is 0.659. The summed E-state index contributed by atoms with van der Waals surface area (Å²) in [4.78, 5) is 15.7. The first-order chi connectivity index (χ1) is 14.0. The summed E-state index contributed by atoms with van der Waals surface area (Å²) in [6.45, 7) is 4.43. The normalized spacial score (nSPS) is 26.7. The van der Waals surface area contributed by atoms with Gasteiger partial charge < -0.3 is 9.30 Å². The second-order valence-electron chi connectivity index (χ2n) is 8.31. The Balaban J connectivity index is 1.90. The number of aromatic nitrogens is 1. The molecule has 4 atom stereocenters. The molecule has 0 saturated carbocycles. The second-order valence-corrected chi connectivity index (χ2v) is 10.7. The Morgan fingerprint density at radius 1 is 1.28 bits per heavy atom. The van der Waals surface area contributed by atoms with E-state index in [1.54, 1.807) is 0 Å². The van der Waals surface area contributed by atoms with Crippen LogP contribution >= 0.6 is 23.5 Å². The van der Waals surface area contributed by atoms with Crippen LogP contribution in [0, 0.1) is 11.8 Å². The number of methoxy groups -OCH3 is 1. The van der Waals surface area contributed by atoms with Crippen LogP contribution in [0.15, 0.2) is 24.3 Å². The number of hydrogen-bond donors (Lipinski definition) is 0. The molecule has 2 aromatic rings. The molecule has 0 N–H and O–H groups in total. The van der Waals surface area contributed by atoms with Crippen LogP contribution in [-0.4, -0.2) is 52.7 Å². The second kappa shape index (κ2) is 8.56. The van der Waals surface area contributed by atoms with E-state index in [9.17, 15) is 4.79 Å². The Morgan fingerprint density at radius 2 is 2.00 bits per heavy atom. The van der Waals surface area contributed by atoms with E-state index in [4.69, 9.17) is 4.74 Å². The molecule has 1 aromatic heterocycles. The number of benzene rings is 1. The fraction of sp³-hybridized carbons (Fsp3) is 0.609. The Kier molecular flexibility index (Phi) is 6.24. The fourth-order valence-electron chi connectivity index (χ4n) is 5.73. The molecular weight excluding hydrogens is 400 g/mol. The van der Waals surface area contributed by atoms with E-state index in [0.29, 0.717) is 22.5 Å². The summed E-state index contributed by atoms with van der Waals surface area (Å²) in [7, 11) is 3.71. The molecule has 0 spiro atoms. The smallest absolute Gasteiger partial charge is 0.313 e. The fourth-order valence-corrected chi connectivity index (χ4v) is 7.18. The minimum Gasteiger partial charge on any atom is -0.469 e. The van der Waals surface area contributed by atoms with Gasteiger partial charge in [0, 0.05) is 36.7 Å². The monoisotopic (exact) mass is 432 g/mol. The first-order valence-corrected chi connectivity index (χ1v) is 13.1. The number of nitrogens with zero attached hydrogens (tertiary/aromatic N) is 2. The Morgan fingerprint density at radius 3 is 2.66 bits per heavy atom. The van der Waals surface area contributed by atoms with Crippen LogP contribution < -0.4 is 0 Å². The van der Waals surface area contributed by atoms with E-state index in [1.165, 1.54) is 29.3 Å². The number of carbonyl (C=O) groups excluding carboxylic acids is 1. The summed E-state index contributed by atoms with van der Waals surface area (Å²) in [6, 6.07) is 8.92. The predicted octanol–water partition coefficient (Wildman–Crippen LogP) is 4.89. The van der Waals surface area contributed by atoms with E-state index in [-0.39, 0.29) is 11.9 Å². The third-order valence-corrected chi connectivity index (χ3v) is 9.65.